The molecule has 0 heterocycles. The van der Waals surface area contributed by atoms with E-state index in [1.54, 1.807) is 13.8 Å². The van der Waals surface area contributed by atoms with E-state index >= 15 is 0 Å². The molecule has 0 radical (unpaired) electrons. The SMILES string of the molecule is CCOC(=O)C1=C(C)C(C=O)=C(Br)CC1. The van der Waals surface area contributed by atoms with Gasteiger partial charge in [-0.1, -0.05) is 15.9 Å². The van der Waals surface area contributed by atoms with Gasteiger partial charge in [0.15, 0.2) is 6.29 Å². The monoisotopic (exact) mass is 272 g/mol. The Morgan fingerprint density at radius 3 is 2.73 bits per heavy atom. The van der Waals surface area contributed by atoms with Gasteiger partial charge in [-0.15, -0.1) is 0 Å². The molecule has 1 rings (SSSR count). The fourth-order valence-electron chi connectivity index (χ4n) is 1.55. The Morgan fingerprint density at radius 1 is 1.53 bits per heavy atom. The van der Waals surface area contributed by atoms with Crippen molar-refractivity contribution in [2.45, 2.75) is 26.7 Å². The molecule has 0 N–H and O–H groups in total. The molecule has 3 nitrogen and oxygen atoms in total. The zero-order chi connectivity index (χ0) is 11.4. The Balaban J connectivity index is 3.04. The maximum atomic E-state index is 11.5. The minimum atomic E-state index is -0.311. The van der Waals surface area contributed by atoms with Gasteiger partial charge in [0.05, 0.1) is 6.61 Å². The first-order valence-corrected chi connectivity index (χ1v) is 5.62. The van der Waals surface area contributed by atoms with Gasteiger partial charge in [0, 0.05) is 15.6 Å². The summed E-state index contributed by atoms with van der Waals surface area (Å²) in [5.74, 6) is -0.311. The Bertz CT molecular complexity index is 353. The number of halogens is 1. The van der Waals surface area contributed by atoms with E-state index in [-0.39, 0.29) is 5.97 Å². The summed E-state index contributed by atoms with van der Waals surface area (Å²) in [7, 11) is 0. The molecule has 0 bridgehead atoms. The van der Waals surface area contributed by atoms with Crippen molar-refractivity contribution in [1.82, 2.24) is 0 Å². The van der Waals surface area contributed by atoms with E-state index in [4.69, 9.17) is 4.74 Å². The molecule has 0 saturated heterocycles. The van der Waals surface area contributed by atoms with Gasteiger partial charge in [-0.25, -0.2) is 4.79 Å². The number of ether oxygens (including phenoxy) is 1. The van der Waals surface area contributed by atoms with E-state index in [1.807, 2.05) is 0 Å². The summed E-state index contributed by atoms with van der Waals surface area (Å²) in [5.41, 5.74) is 1.91. The number of aldehydes is 1. The molecule has 0 aromatic carbocycles. The van der Waals surface area contributed by atoms with Crippen LogP contribution in [-0.2, 0) is 14.3 Å². The van der Waals surface area contributed by atoms with Gasteiger partial charge >= 0.3 is 5.97 Å². The Morgan fingerprint density at radius 2 is 2.20 bits per heavy atom. The predicted molar refractivity (Wildman–Crippen MR) is 60.6 cm³/mol. The highest BCUT2D eigenvalue weighted by Gasteiger charge is 2.22. The first kappa shape index (κ1) is 12.2. The third-order valence-corrected chi connectivity index (χ3v) is 3.21. The van der Waals surface area contributed by atoms with Gasteiger partial charge in [0.25, 0.3) is 0 Å². The van der Waals surface area contributed by atoms with E-state index in [0.717, 1.165) is 16.3 Å². The first-order valence-electron chi connectivity index (χ1n) is 4.82. The summed E-state index contributed by atoms with van der Waals surface area (Å²) in [6, 6.07) is 0. The van der Waals surface area contributed by atoms with Gasteiger partial charge < -0.3 is 4.74 Å². The topological polar surface area (TPSA) is 43.4 Å². The van der Waals surface area contributed by atoms with Crippen molar-refractivity contribution >= 4 is 28.2 Å². The van der Waals surface area contributed by atoms with E-state index in [0.29, 0.717) is 30.6 Å². The lowest BCUT2D eigenvalue weighted by Gasteiger charge is -2.17. The van der Waals surface area contributed by atoms with Crippen molar-refractivity contribution < 1.29 is 14.3 Å². The highest BCUT2D eigenvalue weighted by Crippen LogP contribution is 2.32. The van der Waals surface area contributed by atoms with Crippen LogP contribution in [0.4, 0.5) is 0 Å². The lowest BCUT2D eigenvalue weighted by molar-refractivity contribution is -0.138. The third-order valence-electron chi connectivity index (χ3n) is 2.38. The largest absolute Gasteiger partial charge is 0.463 e. The van der Waals surface area contributed by atoms with Crippen LogP contribution >= 0.6 is 15.9 Å². The molecule has 1 aliphatic carbocycles. The van der Waals surface area contributed by atoms with Crippen LogP contribution in [0.15, 0.2) is 21.2 Å². The summed E-state index contributed by atoms with van der Waals surface area (Å²) in [4.78, 5) is 22.4. The first-order chi connectivity index (χ1) is 7.11. The number of carbonyl (C=O) groups excluding carboxylic acids is 2. The highest BCUT2D eigenvalue weighted by atomic mass is 79.9. The van der Waals surface area contributed by atoms with Crippen molar-refractivity contribution in [2.75, 3.05) is 6.61 Å². The molecule has 0 atom stereocenters. The molecule has 0 fully saturated rings. The van der Waals surface area contributed by atoms with E-state index in [1.165, 1.54) is 0 Å². The fraction of sp³-hybridized carbons (Fsp3) is 0.455. The lowest BCUT2D eigenvalue weighted by atomic mass is 9.92. The van der Waals surface area contributed by atoms with Crippen LogP contribution in [-0.4, -0.2) is 18.9 Å². The second-order valence-corrected chi connectivity index (χ2v) is 4.22. The number of carbonyl (C=O) groups is 2. The molecular formula is C11H13BrO3. The average molecular weight is 273 g/mol. The smallest absolute Gasteiger partial charge is 0.334 e. The van der Waals surface area contributed by atoms with Gasteiger partial charge in [-0.3, -0.25) is 4.79 Å². The minimum absolute atomic E-state index is 0.311. The van der Waals surface area contributed by atoms with Crippen molar-refractivity contribution in [3.05, 3.63) is 21.2 Å². The van der Waals surface area contributed by atoms with Crippen molar-refractivity contribution in [3.63, 3.8) is 0 Å². The van der Waals surface area contributed by atoms with Crippen LogP contribution in [0.2, 0.25) is 0 Å². The maximum Gasteiger partial charge on any atom is 0.334 e. The van der Waals surface area contributed by atoms with Crippen LogP contribution in [0.3, 0.4) is 0 Å². The van der Waals surface area contributed by atoms with E-state index < -0.39 is 0 Å². The second kappa shape index (κ2) is 5.26. The van der Waals surface area contributed by atoms with Gasteiger partial charge in [0.1, 0.15) is 0 Å². The molecule has 15 heavy (non-hydrogen) atoms. The third kappa shape index (κ3) is 2.56. The van der Waals surface area contributed by atoms with Crippen molar-refractivity contribution in [2.24, 2.45) is 0 Å². The molecular weight excluding hydrogens is 260 g/mol. The van der Waals surface area contributed by atoms with Crippen LogP contribution in [0.1, 0.15) is 26.7 Å². The average Bonchev–Trinajstić information content (AvgIpc) is 2.18. The minimum Gasteiger partial charge on any atom is -0.463 e. The molecule has 4 heteroatoms. The van der Waals surface area contributed by atoms with Crippen molar-refractivity contribution in [3.8, 4) is 0 Å². The summed E-state index contributed by atoms with van der Waals surface area (Å²) < 4.78 is 5.79. The summed E-state index contributed by atoms with van der Waals surface area (Å²) >= 11 is 3.33. The zero-order valence-corrected chi connectivity index (χ0v) is 10.4. The molecule has 0 unspecified atom stereocenters. The molecule has 0 amide bonds. The summed E-state index contributed by atoms with van der Waals surface area (Å²) in [5, 5.41) is 0. The van der Waals surface area contributed by atoms with Crippen LogP contribution in [0.5, 0.6) is 0 Å². The Labute approximate surface area is 97.3 Å². The molecule has 0 aromatic heterocycles. The molecule has 0 aromatic rings. The Hall–Kier alpha value is -0.900. The number of hydrogen-bond acceptors (Lipinski definition) is 3. The van der Waals surface area contributed by atoms with Crippen LogP contribution in [0, 0.1) is 0 Å². The number of esters is 1. The lowest BCUT2D eigenvalue weighted by Crippen LogP contribution is -2.14. The van der Waals surface area contributed by atoms with E-state index in [9.17, 15) is 9.59 Å². The number of hydrogen-bond donors (Lipinski definition) is 0. The highest BCUT2D eigenvalue weighted by molar-refractivity contribution is 9.11. The van der Waals surface area contributed by atoms with Gasteiger partial charge in [-0.05, 0) is 32.3 Å². The van der Waals surface area contributed by atoms with Crippen LogP contribution < -0.4 is 0 Å². The maximum absolute atomic E-state index is 11.5. The summed E-state index contributed by atoms with van der Waals surface area (Å²) in [6.07, 6.45) is 2.08. The van der Waals surface area contributed by atoms with Crippen LogP contribution in [0.25, 0.3) is 0 Å². The molecule has 0 saturated carbocycles. The predicted octanol–water partition coefficient (Wildman–Crippen LogP) is 2.51. The molecule has 1 aliphatic rings. The second-order valence-electron chi connectivity index (χ2n) is 3.26. The molecule has 82 valence electrons. The normalized spacial score (nSPS) is 16.7. The zero-order valence-electron chi connectivity index (χ0n) is 8.80. The molecule has 0 aliphatic heterocycles. The quantitative estimate of drug-likeness (QED) is 0.586. The number of rotatable bonds is 3. The van der Waals surface area contributed by atoms with Gasteiger partial charge in [0.2, 0.25) is 0 Å². The van der Waals surface area contributed by atoms with E-state index in [2.05, 4.69) is 15.9 Å². The Kier molecular flexibility index (Phi) is 4.27. The fourth-order valence-corrected chi connectivity index (χ4v) is 2.14. The van der Waals surface area contributed by atoms with Gasteiger partial charge in [-0.2, -0.15) is 0 Å². The summed E-state index contributed by atoms with van der Waals surface area (Å²) in [6.45, 7) is 3.90. The standard InChI is InChI=1S/C11H13BrO3/c1-3-15-11(14)8-4-5-10(12)9(6-13)7(8)2/h6H,3-5H2,1-2H3. The molecule has 0 spiro atoms. The number of allylic oxidation sites excluding steroid dienone is 3. The van der Waals surface area contributed by atoms with Crippen molar-refractivity contribution in [1.29, 1.82) is 0 Å².